The minimum absolute atomic E-state index is 0.0214. The Morgan fingerprint density at radius 1 is 1.27 bits per heavy atom. The minimum atomic E-state index is -0.0984. The Hall–Kier alpha value is -0.570. The van der Waals surface area contributed by atoms with E-state index in [1.807, 2.05) is 0 Å². The van der Waals surface area contributed by atoms with Crippen LogP contribution in [0.3, 0.4) is 0 Å². The predicted octanol–water partition coefficient (Wildman–Crippen LogP) is 0.460. The van der Waals surface area contributed by atoms with Gasteiger partial charge in [-0.15, -0.1) is 0 Å². The van der Waals surface area contributed by atoms with Crippen LogP contribution >= 0.6 is 0 Å². The molecule has 1 spiro atoms. The fourth-order valence-electron chi connectivity index (χ4n) is 1.83. The molecule has 0 N–H and O–H groups in total. The summed E-state index contributed by atoms with van der Waals surface area (Å²) in [6.45, 7) is 1.74. The Morgan fingerprint density at radius 2 is 2.00 bits per heavy atom. The first-order chi connectivity index (χ1) is 5.31. The fourth-order valence-corrected chi connectivity index (χ4v) is 1.83. The van der Waals surface area contributed by atoms with Crippen LogP contribution in [0.15, 0.2) is 0 Å². The lowest BCUT2D eigenvalue weighted by atomic mass is 9.90. The molecular formula is C8H12NO2. The van der Waals surface area contributed by atoms with Gasteiger partial charge in [-0.2, -0.15) is 0 Å². The van der Waals surface area contributed by atoms with Crippen molar-refractivity contribution in [2.24, 2.45) is 0 Å². The minimum Gasteiger partial charge on any atom is -0.459 e. The van der Waals surface area contributed by atoms with Gasteiger partial charge < -0.3 is 4.74 Å². The monoisotopic (exact) mass is 154 g/mol. The third kappa shape index (κ3) is 1.25. The summed E-state index contributed by atoms with van der Waals surface area (Å²) >= 11 is 0. The van der Waals surface area contributed by atoms with Crippen molar-refractivity contribution in [3.63, 3.8) is 0 Å². The van der Waals surface area contributed by atoms with Crippen LogP contribution in [0.4, 0.5) is 0 Å². The predicted molar refractivity (Wildman–Crippen MR) is 39.2 cm³/mol. The zero-order valence-electron chi connectivity index (χ0n) is 6.51. The Labute approximate surface area is 66.1 Å². The van der Waals surface area contributed by atoms with E-state index in [-0.39, 0.29) is 11.6 Å². The van der Waals surface area contributed by atoms with Crippen LogP contribution < -0.4 is 5.32 Å². The van der Waals surface area contributed by atoms with Crippen molar-refractivity contribution in [3.8, 4) is 0 Å². The maximum atomic E-state index is 10.9. The van der Waals surface area contributed by atoms with E-state index in [1.54, 1.807) is 0 Å². The number of rotatable bonds is 0. The Kier molecular flexibility index (Phi) is 1.60. The van der Waals surface area contributed by atoms with Gasteiger partial charge in [0, 0.05) is 32.4 Å². The lowest BCUT2D eigenvalue weighted by Crippen LogP contribution is -2.38. The normalized spacial score (nSPS) is 28.9. The van der Waals surface area contributed by atoms with Gasteiger partial charge in [0.15, 0.2) is 0 Å². The molecule has 0 amide bonds. The number of hydrogen-bond acceptors (Lipinski definition) is 2. The van der Waals surface area contributed by atoms with Gasteiger partial charge in [-0.3, -0.25) is 4.79 Å². The maximum absolute atomic E-state index is 10.9. The van der Waals surface area contributed by atoms with Crippen molar-refractivity contribution in [1.29, 1.82) is 0 Å². The van der Waals surface area contributed by atoms with E-state index in [9.17, 15) is 4.79 Å². The zero-order valence-corrected chi connectivity index (χ0v) is 6.51. The number of piperidine rings is 1. The van der Waals surface area contributed by atoms with E-state index >= 15 is 0 Å². The average molecular weight is 154 g/mol. The van der Waals surface area contributed by atoms with Crippen LogP contribution in [0.2, 0.25) is 0 Å². The average Bonchev–Trinajstić information content (AvgIpc) is 2.34. The van der Waals surface area contributed by atoms with Gasteiger partial charge in [0.25, 0.3) is 0 Å². The molecule has 3 heteroatoms. The molecule has 1 radical (unpaired) electrons. The van der Waals surface area contributed by atoms with E-state index in [2.05, 4.69) is 5.32 Å². The van der Waals surface area contributed by atoms with Crippen molar-refractivity contribution in [3.05, 3.63) is 0 Å². The SMILES string of the molecule is O=C1CCC2(CC[N]CC2)O1. The summed E-state index contributed by atoms with van der Waals surface area (Å²) in [4.78, 5) is 10.9. The van der Waals surface area contributed by atoms with E-state index in [0.717, 1.165) is 32.4 Å². The van der Waals surface area contributed by atoms with Gasteiger partial charge in [-0.25, -0.2) is 5.32 Å². The molecule has 2 aliphatic rings. The second-order valence-corrected chi connectivity index (χ2v) is 3.33. The molecule has 0 aromatic rings. The van der Waals surface area contributed by atoms with E-state index < -0.39 is 0 Å². The number of ether oxygens (including phenoxy) is 1. The number of hydrogen-bond donors (Lipinski definition) is 0. The molecule has 0 aromatic heterocycles. The van der Waals surface area contributed by atoms with Gasteiger partial charge in [0.05, 0.1) is 0 Å². The van der Waals surface area contributed by atoms with E-state index in [1.165, 1.54) is 0 Å². The lowest BCUT2D eigenvalue weighted by Gasteiger charge is -2.31. The van der Waals surface area contributed by atoms with Crippen LogP contribution in [0.25, 0.3) is 0 Å². The molecule has 2 fully saturated rings. The Bertz CT molecular complexity index is 173. The molecule has 0 saturated carbocycles. The molecule has 11 heavy (non-hydrogen) atoms. The summed E-state index contributed by atoms with van der Waals surface area (Å²) in [6, 6.07) is 0. The first-order valence-electron chi connectivity index (χ1n) is 4.16. The molecule has 0 unspecified atom stereocenters. The summed E-state index contributed by atoms with van der Waals surface area (Å²) in [5.41, 5.74) is -0.0984. The molecule has 0 atom stereocenters. The Balaban J connectivity index is 2.03. The molecule has 61 valence electrons. The third-order valence-corrected chi connectivity index (χ3v) is 2.57. The fraction of sp³-hybridized carbons (Fsp3) is 0.875. The highest BCUT2D eigenvalue weighted by atomic mass is 16.6. The lowest BCUT2D eigenvalue weighted by molar-refractivity contribution is -0.150. The summed E-state index contributed by atoms with van der Waals surface area (Å²) in [7, 11) is 0. The second-order valence-electron chi connectivity index (χ2n) is 3.33. The van der Waals surface area contributed by atoms with Crippen molar-refractivity contribution in [2.75, 3.05) is 13.1 Å². The summed E-state index contributed by atoms with van der Waals surface area (Å²) in [5, 5.41) is 4.23. The van der Waals surface area contributed by atoms with Gasteiger partial charge in [0.1, 0.15) is 5.60 Å². The van der Waals surface area contributed by atoms with Gasteiger partial charge in [-0.05, 0) is 6.42 Å². The first-order valence-corrected chi connectivity index (χ1v) is 4.16. The Morgan fingerprint density at radius 3 is 2.55 bits per heavy atom. The summed E-state index contributed by atoms with van der Waals surface area (Å²) in [5.74, 6) is -0.0214. The quantitative estimate of drug-likeness (QED) is 0.475. The van der Waals surface area contributed by atoms with Crippen LogP contribution in [-0.4, -0.2) is 24.7 Å². The van der Waals surface area contributed by atoms with E-state index in [4.69, 9.17) is 4.74 Å². The molecule has 2 saturated heterocycles. The van der Waals surface area contributed by atoms with Gasteiger partial charge in [0.2, 0.25) is 0 Å². The van der Waals surface area contributed by atoms with Crippen LogP contribution in [0, 0.1) is 0 Å². The molecule has 2 rings (SSSR count). The molecule has 0 bridgehead atoms. The van der Waals surface area contributed by atoms with Crippen molar-refractivity contribution < 1.29 is 9.53 Å². The van der Waals surface area contributed by atoms with Crippen LogP contribution in [-0.2, 0) is 9.53 Å². The van der Waals surface area contributed by atoms with Crippen LogP contribution in [0.1, 0.15) is 25.7 Å². The number of carbonyl (C=O) groups excluding carboxylic acids is 1. The highest BCUT2D eigenvalue weighted by Gasteiger charge is 2.41. The molecule has 2 heterocycles. The highest BCUT2D eigenvalue weighted by Crippen LogP contribution is 2.34. The topological polar surface area (TPSA) is 40.4 Å². The third-order valence-electron chi connectivity index (χ3n) is 2.57. The number of carbonyl (C=O) groups is 1. The molecule has 3 nitrogen and oxygen atoms in total. The smallest absolute Gasteiger partial charge is 0.306 e. The number of nitrogens with zero attached hydrogens (tertiary/aromatic N) is 1. The van der Waals surface area contributed by atoms with E-state index in [0.29, 0.717) is 6.42 Å². The standard InChI is InChI=1S/C8H12NO2/c10-7-1-2-8(11-7)3-5-9-6-4-8/h1-6H2. The zero-order chi connectivity index (χ0) is 7.73. The van der Waals surface area contributed by atoms with Crippen molar-refractivity contribution in [2.45, 2.75) is 31.3 Å². The van der Waals surface area contributed by atoms with Crippen molar-refractivity contribution >= 4 is 5.97 Å². The first kappa shape index (κ1) is 7.10. The maximum Gasteiger partial charge on any atom is 0.306 e. The van der Waals surface area contributed by atoms with Crippen LogP contribution in [0.5, 0.6) is 0 Å². The second kappa shape index (κ2) is 2.48. The summed E-state index contributed by atoms with van der Waals surface area (Å²) < 4.78 is 5.29. The molecule has 0 aliphatic carbocycles. The van der Waals surface area contributed by atoms with Gasteiger partial charge in [-0.1, -0.05) is 0 Å². The molecule has 0 aromatic carbocycles. The largest absolute Gasteiger partial charge is 0.459 e. The highest BCUT2D eigenvalue weighted by molar-refractivity contribution is 5.72. The molecule has 2 aliphatic heterocycles. The van der Waals surface area contributed by atoms with Crippen molar-refractivity contribution in [1.82, 2.24) is 5.32 Å². The number of esters is 1. The van der Waals surface area contributed by atoms with Gasteiger partial charge >= 0.3 is 5.97 Å². The summed E-state index contributed by atoms with van der Waals surface area (Å²) in [6.07, 6.45) is 3.42. The molecular weight excluding hydrogens is 142 g/mol.